The maximum absolute atomic E-state index is 12.8. The number of rotatable bonds is 4. The Labute approximate surface area is 150 Å². The Kier molecular flexibility index (Phi) is 5.57. The van der Waals surface area contributed by atoms with Crippen molar-refractivity contribution in [1.82, 2.24) is 4.72 Å². The molecule has 0 saturated heterocycles. The van der Waals surface area contributed by atoms with E-state index in [9.17, 15) is 34.8 Å². The van der Waals surface area contributed by atoms with Crippen molar-refractivity contribution < 1.29 is 34.8 Å². The number of benzene rings is 1. The Morgan fingerprint density at radius 3 is 1.88 bits per heavy atom. The first-order valence-corrected chi connectivity index (χ1v) is 9.42. The first-order valence-electron chi connectivity index (χ1n) is 6.32. The quantitative estimate of drug-likeness (QED) is 0.641. The maximum Gasteiger partial charge on any atom is 0.416 e. The molecule has 1 aromatic heterocycles. The third-order valence-electron chi connectivity index (χ3n) is 2.93. The van der Waals surface area contributed by atoms with E-state index >= 15 is 0 Å². The molecule has 0 amide bonds. The minimum Gasteiger partial charge on any atom is -0.206 e. The normalized spacial score (nSPS) is 13.2. The van der Waals surface area contributed by atoms with Crippen LogP contribution in [0.4, 0.5) is 26.3 Å². The van der Waals surface area contributed by atoms with E-state index in [4.69, 9.17) is 0 Å². The van der Waals surface area contributed by atoms with Crippen LogP contribution in [0.2, 0.25) is 0 Å². The summed E-state index contributed by atoms with van der Waals surface area (Å²) in [4.78, 5) is 0. The molecule has 0 spiro atoms. The Hall–Kier alpha value is -1.11. The average molecular weight is 468 g/mol. The highest BCUT2D eigenvalue weighted by atomic mass is 79.9. The van der Waals surface area contributed by atoms with Gasteiger partial charge in [-0.05, 0) is 51.8 Å². The number of nitrogens with one attached hydrogen (secondary N) is 1. The van der Waals surface area contributed by atoms with Gasteiger partial charge in [0.25, 0.3) is 0 Å². The van der Waals surface area contributed by atoms with Gasteiger partial charge in [-0.1, -0.05) is 0 Å². The van der Waals surface area contributed by atoms with E-state index < -0.39 is 45.6 Å². The van der Waals surface area contributed by atoms with Gasteiger partial charge in [0.1, 0.15) is 4.21 Å². The monoisotopic (exact) mass is 467 g/mol. The molecule has 2 rings (SSSR count). The highest BCUT2D eigenvalue weighted by Crippen LogP contribution is 2.36. The summed E-state index contributed by atoms with van der Waals surface area (Å²) in [7, 11) is -4.06. The van der Waals surface area contributed by atoms with E-state index in [1.54, 1.807) is 0 Å². The summed E-state index contributed by atoms with van der Waals surface area (Å²) < 4.78 is 103. The van der Waals surface area contributed by atoms with Crippen molar-refractivity contribution in [3.05, 3.63) is 50.8 Å². The molecule has 25 heavy (non-hydrogen) atoms. The zero-order chi connectivity index (χ0) is 19.0. The van der Waals surface area contributed by atoms with Crippen LogP contribution in [0.25, 0.3) is 0 Å². The number of halogens is 7. The summed E-state index contributed by atoms with van der Waals surface area (Å²) in [5.41, 5.74) is -3.47. The Bertz CT molecular complexity index is 841. The summed E-state index contributed by atoms with van der Waals surface area (Å²) >= 11 is 3.91. The van der Waals surface area contributed by atoms with Crippen LogP contribution in [-0.2, 0) is 28.9 Å². The fourth-order valence-electron chi connectivity index (χ4n) is 1.81. The van der Waals surface area contributed by atoms with Gasteiger partial charge in [-0.3, -0.25) is 0 Å². The summed E-state index contributed by atoms with van der Waals surface area (Å²) in [6.07, 6.45) is -9.99. The van der Waals surface area contributed by atoms with Crippen LogP contribution in [-0.4, -0.2) is 8.42 Å². The third kappa shape index (κ3) is 5.19. The largest absolute Gasteiger partial charge is 0.416 e. The van der Waals surface area contributed by atoms with Gasteiger partial charge in [0.05, 0.1) is 14.9 Å². The minimum absolute atomic E-state index is 0.0195. The van der Waals surface area contributed by atoms with Crippen molar-refractivity contribution >= 4 is 37.3 Å². The predicted molar refractivity (Wildman–Crippen MR) is 82.5 cm³/mol. The molecule has 0 aliphatic rings. The van der Waals surface area contributed by atoms with Gasteiger partial charge in [0.2, 0.25) is 10.0 Å². The predicted octanol–water partition coefficient (Wildman–Crippen LogP) is 5.03. The molecule has 1 N–H and O–H groups in total. The summed E-state index contributed by atoms with van der Waals surface area (Å²) in [6, 6.07) is 3.63. The SMILES string of the molecule is O=S(=O)(NCc1cc(C(F)(F)F)cc(C(F)(F)F)c1)c1ccc(Br)s1. The van der Waals surface area contributed by atoms with Crippen LogP contribution < -0.4 is 4.72 Å². The van der Waals surface area contributed by atoms with E-state index in [1.165, 1.54) is 12.1 Å². The number of sulfonamides is 1. The van der Waals surface area contributed by atoms with Gasteiger partial charge in [-0.15, -0.1) is 11.3 Å². The number of thiophene rings is 1. The molecule has 0 atom stereocenters. The maximum atomic E-state index is 12.8. The first kappa shape index (κ1) is 20.2. The van der Waals surface area contributed by atoms with Crippen molar-refractivity contribution in [3.63, 3.8) is 0 Å². The molecule has 0 unspecified atom stereocenters. The molecule has 0 fully saturated rings. The molecular weight excluding hydrogens is 460 g/mol. The molecular formula is C13H8BrF6NO2S2. The van der Waals surface area contributed by atoms with Crippen LogP contribution >= 0.6 is 27.3 Å². The highest BCUT2D eigenvalue weighted by molar-refractivity contribution is 9.11. The van der Waals surface area contributed by atoms with Crippen molar-refractivity contribution in [2.75, 3.05) is 0 Å². The fraction of sp³-hybridized carbons (Fsp3) is 0.231. The molecule has 138 valence electrons. The molecule has 12 heteroatoms. The lowest BCUT2D eigenvalue weighted by Crippen LogP contribution is -2.23. The third-order valence-corrected chi connectivity index (χ3v) is 6.44. The van der Waals surface area contributed by atoms with E-state index in [0.717, 1.165) is 11.3 Å². The van der Waals surface area contributed by atoms with Crippen LogP contribution in [0.5, 0.6) is 0 Å². The lowest BCUT2D eigenvalue weighted by molar-refractivity contribution is -0.143. The van der Waals surface area contributed by atoms with Gasteiger partial charge >= 0.3 is 12.4 Å². The van der Waals surface area contributed by atoms with Gasteiger partial charge < -0.3 is 0 Å². The second-order valence-electron chi connectivity index (χ2n) is 4.80. The zero-order valence-corrected chi connectivity index (χ0v) is 15.1. The van der Waals surface area contributed by atoms with Crippen LogP contribution in [0.3, 0.4) is 0 Å². The van der Waals surface area contributed by atoms with Gasteiger partial charge in [-0.2, -0.15) is 26.3 Å². The molecule has 0 bridgehead atoms. The van der Waals surface area contributed by atoms with Gasteiger partial charge in [0, 0.05) is 6.54 Å². The van der Waals surface area contributed by atoms with Gasteiger partial charge in [-0.25, -0.2) is 13.1 Å². The van der Waals surface area contributed by atoms with E-state index in [0.29, 0.717) is 15.9 Å². The molecule has 0 saturated carbocycles. The van der Waals surface area contributed by atoms with E-state index in [-0.39, 0.29) is 10.3 Å². The lowest BCUT2D eigenvalue weighted by atomic mass is 10.0. The van der Waals surface area contributed by atoms with Crippen LogP contribution in [0.1, 0.15) is 16.7 Å². The molecule has 0 aliphatic carbocycles. The smallest absolute Gasteiger partial charge is 0.206 e. The van der Waals surface area contributed by atoms with Crippen LogP contribution in [0.15, 0.2) is 38.3 Å². The summed E-state index contributed by atoms with van der Waals surface area (Å²) in [6.45, 7) is -0.717. The number of hydrogen-bond donors (Lipinski definition) is 1. The first-order chi connectivity index (χ1) is 11.3. The Balaban J connectivity index is 2.33. The Morgan fingerprint density at radius 2 is 1.48 bits per heavy atom. The molecule has 3 nitrogen and oxygen atoms in total. The number of alkyl halides is 6. The van der Waals surface area contributed by atoms with E-state index in [1.807, 2.05) is 4.72 Å². The Morgan fingerprint density at radius 1 is 0.960 bits per heavy atom. The second kappa shape index (κ2) is 6.89. The fourth-order valence-corrected chi connectivity index (χ4v) is 4.89. The highest BCUT2D eigenvalue weighted by Gasteiger charge is 2.36. The minimum atomic E-state index is -4.99. The molecule has 0 aliphatic heterocycles. The zero-order valence-electron chi connectivity index (χ0n) is 11.9. The molecule has 1 aromatic carbocycles. The summed E-state index contributed by atoms with van der Waals surface area (Å²) in [5, 5.41) is 0. The van der Waals surface area contributed by atoms with Gasteiger partial charge in [0.15, 0.2) is 0 Å². The molecule has 2 aromatic rings. The summed E-state index contributed by atoms with van der Waals surface area (Å²) in [5.74, 6) is 0. The van der Waals surface area contributed by atoms with Crippen molar-refractivity contribution in [1.29, 1.82) is 0 Å². The van der Waals surface area contributed by atoms with Crippen molar-refractivity contribution in [2.45, 2.75) is 23.1 Å². The molecule has 0 radical (unpaired) electrons. The number of hydrogen-bond acceptors (Lipinski definition) is 3. The van der Waals surface area contributed by atoms with Crippen LogP contribution in [0, 0.1) is 0 Å². The standard InChI is InChI=1S/C13H8BrF6NO2S2/c14-10-1-2-11(24-10)25(22,23)21-6-7-3-8(12(15,16)17)5-9(4-7)13(18,19)20/h1-5,21H,6H2. The average Bonchev–Trinajstić information content (AvgIpc) is 2.91. The molecule has 1 heterocycles. The topological polar surface area (TPSA) is 46.2 Å². The van der Waals surface area contributed by atoms with E-state index in [2.05, 4.69) is 15.9 Å². The second-order valence-corrected chi connectivity index (χ2v) is 9.25. The van der Waals surface area contributed by atoms with Crippen molar-refractivity contribution in [2.24, 2.45) is 0 Å². The lowest BCUT2D eigenvalue weighted by Gasteiger charge is -2.14. The van der Waals surface area contributed by atoms with Crippen molar-refractivity contribution in [3.8, 4) is 0 Å².